The van der Waals surface area contributed by atoms with Gasteiger partial charge in [-0.25, -0.2) is 0 Å². The van der Waals surface area contributed by atoms with Crippen molar-refractivity contribution in [3.8, 4) is 0 Å². The second-order valence-corrected chi connectivity index (χ2v) is 6.71. The lowest BCUT2D eigenvalue weighted by Gasteiger charge is -2.16. The summed E-state index contributed by atoms with van der Waals surface area (Å²) in [5.41, 5.74) is 3.11. The Hall–Kier alpha value is -0.810. The van der Waals surface area contributed by atoms with Crippen LogP contribution in [0, 0.1) is 13.8 Å². The lowest BCUT2D eigenvalue weighted by molar-refractivity contribution is -0.137. The highest BCUT2D eigenvalue weighted by Gasteiger charge is 2.31. The topological polar surface area (TPSA) is 0 Å². The monoisotopic (exact) mass is 420 g/mol. The van der Waals surface area contributed by atoms with Gasteiger partial charge in [-0.1, -0.05) is 50.1 Å². The van der Waals surface area contributed by atoms with Crippen LogP contribution in [-0.2, 0) is 6.18 Å². The van der Waals surface area contributed by atoms with Crippen LogP contribution in [0.4, 0.5) is 13.2 Å². The number of aryl methyl sites for hydroxylation is 2. The number of alkyl halides is 4. The zero-order valence-corrected chi connectivity index (χ0v) is 14.6. The number of benzene rings is 2. The van der Waals surface area contributed by atoms with Gasteiger partial charge in [0.2, 0.25) is 0 Å². The maximum absolute atomic E-state index is 12.9. The standard InChI is InChI=1S/C16H13Br2F3/c1-9-3-4-11(7-10(9)2)15(18)13-8-12(16(19,20)21)5-6-14(13)17/h3-8,15H,1-2H3. The van der Waals surface area contributed by atoms with Gasteiger partial charge in [0.1, 0.15) is 0 Å². The molecule has 0 nitrogen and oxygen atoms in total. The first-order chi connectivity index (χ1) is 9.70. The number of hydrogen-bond donors (Lipinski definition) is 0. The number of halogens is 5. The quantitative estimate of drug-likeness (QED) is 0.481. The first-order valence-electron chi connectivity index (χ1n) is 6.28. The fraction of sp³-hybridized carbons (Fsp3) is 0.250. The van der Waals surface area contributed by atoms with E-state index < -0.39 is 11.7 Å². The van der Waals surface area contributed by atoms with E-state index in [1.165, 1.54) is 12.1 Å². The predicted molar refractivity (Wildman–Crippen MR) is 85.8 cm³/mol. The zero-order chi connectivity index (χ0) is 15.8. The van der Waals surface area contributed by atoms with Crippen LogP contribution in [0.1, 0.15) is 32.6 Å². The van der Waals surface area contributed by atoms with E-state index in [9.17, 15) is 13.2 Å². The summed E-state index contributed by atoms with van der Waals surface area (Å²) in [6.07, 6.45) is -4.34. The van der Waals surface area contributed by atoms with E-state index in [0.29, 0.717) is 10.0 Å². The van der Waals surface area contributed by atoms with Crippen molar-refractivity contribution in [1.82, 2.24) is 0 Å². The Labute approximate surface area is 138 Å². The highest BCUT2D eigenvalue weighted by molar-refractivity contribution is 9.11. The van der Waals surface area contributed by atoms with Gasteiger partial charge >= 0.3 is 6.18 Å². The molecule has 0 heterocycles. The van der Waals surface area contributed by atoms with Crippen molar-refractivity contribution in [2.75, 3.05) is 0 Å². The normalized spacial score (nSPS) is 13.3. The molecule has 0 aliphatic heterocycles. The second-order valence-electron chi connectivity index (χ2n) is 4.94. The third kappa shape index (κ3) is 3.69. The molecule has 21 heavy (non-hydrogen) atoms. The molecule has 0 saturated heterocycles. The maximum atomic E-state index is 12.9. The summed E-state index contributed by atoms with van der Waals surface area (Å²) in [5.74, 6) is 0. The van der Waals surface area contributed by atoms with E-state index in [-0.39, 0.29) is 4.83 Å². The van der Waals surface area contributed by atoms with E-state index in [1.54, 1.807) is 0 Å². The van der Waals surface area contributed by atoms with E-state index in [1.807, 2.05) is 32.0 Å². The highest BCUT2D eigenvalue weighted by atomic mass is 79.9. The molecule has 0 saturated carbocycles. The molecule has 1 atom stereocenters. The van der Waals surface area contributed by atoms with E-state index in [4.69, 9.17) is 0 Å². The van der Waals surface area contributed by atoms with Gasteiger partial charge in [-0.3, -0.25) is 0 Å². The lowest BCUT2D eigenvalue weighted by atomic mass is 9.99. The Kier molecular flexibility index (Phi) is 4.83. The van der Waals surface area contributed by atoms with Gasteiger partial charge in [-0.2, -0.15) is 13.2 Å². The van der Waals surface area contributed by atoms with Gasteiger partial charge in [0.05, 0.1) is 10.4 Å². The molecule has 2 aromatic carbocycles. The second kappa shape index (κ2) is 6.13. The molecule has 0 spiro atoms. The van der Waals surface area contributed by atoms with Crippen LogP contribution in [0.3, 0.4) is 0 Å². The largest absolute Gasteiger partial charge is 0.416 e. The van der Waals surface area contributed by atoms with Gasteiger partial charge in [0, 0.05) is 4.47 Å². The van der Waals surface area contributed by atoms with Crippen LogP contribution < -0.4 is 0 Å². The molecule has 1 unspecified atom stereocenters. The van der Waals surface area contributed by atoms with Crippen LogP contribution >= 0.6 is 31.9 Å². The Morgan fingerprint density at radius 1 is 0.952 bits per heavy atom. The van der Waals surface area contributed by atoms with E-state index in [0.717, 1.165) is 22.8 Å². The first kappa shape index (κ1) is 16.6. The summed E-state index contributed by atoms with van der Waals surface area (Å²) in [7, 11) is 0. The van der Waals surface area contributed by atoms with Crippen LogP contribution in [0.5, 0.6) is 0 Å². The fourth-order valence-corrected chi connectivity index (χ4v) is 3.46. The molecule has 0 aliphatic carbocycles. The molecule has 0 bridgehead atoms. The summed E-state index contributed by atoms with van der Waals surface area (Å²) in [5, 5.41) is 0. The lowest BCUT2D eigenvalue weighted by Crippen LogP contribution is -2.06. The van der Waals surface area contributed by atoms with Crippen LogP contribution in [0.25, 0.3) is 0 Å². The molecule has 5 heteroatoms. The zero-order valence-electron chi connectivity index (χ0n) is 11.4. The molecule has 2 rings (SSSR count). The molecule has 2 aromatic rings. The number of hydrogen-bond acceptors (Lipinski definition) is 0. The van der Waals surface area contributed by atoms with Gasteiger partial charge in [0.25, 0.3) is 0 Å². The third-order valence-electron chi connectivity index (χ3n) is 3.42. The van der Waals surface area contributed by atoms with E-state index >= 15 is 0 Å². The minimum Gasteiger partial charge on any atom is -0.166 e. The van der Waals surface area contributed by atoms with Crippen molar-refractivity contribution in [2.45, 2.75) is 24.9 Å². The van der Waals surface area contributed by atoms with Crippen molar-refractivity contribution >= 4 is 31.9 Å². The molecular weight excluding hydrogens is 409 g/mol. The van der Waals surface area contributed by atoms with Crippen LogP contribution in [0.15, 0.2) is 40.9 Å². The Bertz CT molecular complexity index is 663. The summed E-state index contributed by atoms with van der Waals surface area (Å²) < 4.78 is 39.2. The molecule has 0 radical (unpaired) electrons. The van der Waals surface area contributed by atoms with Crippen molar-refractivity contribution in [3.05, 3.63) is 68.7 Å². The molecule has 112 valence electrons. The van der Waals surface area contributed by atoms with Crippen molar-refractivity contribution in [1.29, 1.82) is 0 Å². The smallest absolute Gasteiger partial charge is 0.166 e. The molecule has 0 amide bonds. The summed E-state index contributed by atoms with van der Waals surface area (Å²) in [6.45, 7) is 3.99. The molecule has 0 aliphatic rings. The maximum Gasteiger partial charge on any atom is 0.416 e. The first-order valence-corrected chi connectivity index (χ1v) is 7.99. The third-order valence-corrected chi connectivity index (χ3v) is 5.16. The number of rotatable bonds is 2. The molecule has 0 aromatic heterocycles. The Balaban J connectivity index is 2.47. The Morgan fingerprint density at radius 3 is 2.19 bits per heavy atom. The van der Waals surface area contributed by atoms with Crippen molar-refractivity contribution < 1.29 is 13.2 Å². The van der Waals surface area contributed by atoms with Gasteiger partial charge < -0.3 is 0 Å². The Morgan fingerprint density at radius 2 is 1.62 bits per heavy atom. The highest BCUT2D eigenvalue weighted by Crippen LogP contribution is 2.39. The van der Waals surface area contributed by atoms with Crippen molar-refractivity contribution in [3.63, 3.8) is 0 Å². The predicted octanol–water partition coefficient (Wildman–Crippen LogP) is 6.57. The fourth-order valence-electron chi connectivity index (χ4n) is 2.02. The van der Waals surface area contributed by atoms with Gasteiger partial charge in [-0.15, -0.1) is 0 Å². The summed E-state index contributed by atoms with van der Waals surface area (Å²) >= 11 is 6.84. The summed E-state index contributed by atoms with van der Waals surface area (Å²) in [4.78, 5) is -0.298. The molecule has 0 N–H and O–H groups in total. The van der Waals surface area contributed by atoms with Gasteiger partial charge in [-0.05, 0) is 54.3 Å². The minimum absolute atomic E-state index is 0.298. The van der Waals surface area contributed by atoms with E-state index in [2.05, 4.69) is 31.9 Å². The minimum atomic E-state index is -4.34. The van der Waals surface area contributed by atoms with Crippen LogP contribution in [-0.4, -0.2) is 0 Å². The van der Waals surface area contributed by atoms with Crippen LogP contribution in [0.2, 0.25) is 0 Å². The molecule has 0 fully saturated rings. The van der Waals surface area contributed by atoms with Gasteiger partial charge in [0.15, 0.2) is 0 Å². The van der Waals surface area contributed by atoms with Crippen molar-refractivity contribution in [2.24, 2.45) is 0 Å². The SMILES string of the molecule is Cc1ccc(C(Br)c2cc(C(F)(F)F)ccc2Br)cc1C. The average Bonchev–Trinajstić information content (AvgIpc) is 2.40. The summed E-state index contributed by atoms with van der Waals surface area (Å²) in [6, 6.07) is 9.58. The molecular formula is C16H13Br2F3. The average molecular weight is 422 g/mol.